The van der Waals surface area contributed by atoms with E-state index in [2.05, 4.69) is 44.5 Å². The van der Waals surface area contributed by atoms with E-state index in [1.165, 1.54) is 5.69 Å². The minimum absolute atomic E-state index is 0. The van der Waals surface area contributed by atoms with Gasteiger partial charge in [0.1, 0.15) is 0 Å². The first-order valence-electron chi connectivity index (χ1n) is 6.63. The maximum Gasteiger partial charge on any atom is 0.187 e. The number of hydrogen-bond acceptors (Lipinski definition) is 5. The standard InChI is InChI=1S/C16H16N4S.BrH/c1-20(2)14-5-3-13(4-6-14)18-16-19-15(11-21-16)12-7-9-17-10-8-12;/h3-11H,1-2H3,(H,18,19);1H. The minimum atomic E-state index is 0. The number of benzene rings is 1. The van der Waals surface area contributed by atoms with E-state index in [1.54, 1.807) is 23.7 Å². The summed E-state index contributed by atoms with van der Waals surface area (Å²) < 4.78 is 0. The lowest BCUT2D eigenvalue weighted by Gasteiger charge is -2.12. The zero-order valence-electron chi connectivity index (χ0n) is 12.4. The number of nitrogens with zero attached hydrogens (tertiary/aromatic N) is 3. The van der Waals surface area contributed by atoms with E-state index in [-0.39, 0.29) is 17.0 Å². The molecule has 0 saturated heterocycles. The summed E-state index contributed by atoms with van der Waals surface area (Å²) in [5.41, 5.74) is 4.26. The molecule has 3 aromatic rings. The predicted octanol–water partition coefficient (Wildman–Crippen LogP) is 4.59. The second kappa shape index (κ2) is 7.38. The van der Waals surface area contributed by atoms with Crippen molar-refractivity contribution in [3.8, 4) is 11.3 Å². The molecule has 0 aliphatic rings. The molecule has 0 aliphatic heterocycles. The maximum atomic E-state index is 4.60. The molecule has 2 aromatic heterocycles. The van der Waals surface area contributed by atoms with Gasteiger partial charge in [-0.05, 0) is 36.4 Å². The molecular formula is C16H17BrN4S. The molecule has 0 bridgehead atoms. The first kappa shape index (κ1) is 16.5. The Morgan fingerprint density at radius 2 is 1.68 bits per heavy atom. The molecule has 0 radical (unpaired) electrons. The van der Waals surface area contributed by atoms with Crippen LogP contribution in [0.5, 0.6) is 0 Å². The largest absolute Gasteiger partial charge is 0.378 e. The highest BCUT2D eigenvalue weighted by molar-refractivity contribution is 8.93. The van der Waals surface area contributed by atoms with E-state index in [1.807, 2.05) is 31.6 Å². The Hall–Kier alpha value is -1.92. The first-order valence-corrected chi connectivity index (χ1v) is 7.51. The van der Waals surface area contributed by atoms with Gasteiger partial charge in [-0.1, -0.05) is 0 Å². The highest BCUT2D eigenvalue weighted by atomic mass is 79.9. The topological polar surface area (TPSA) is 41.0 Å². The van der Waals surface area contributed by atoms with E-state index in [0.29, 0.717) is 0 Å². The Bertz CT molecular complexity index is 711. The van der Waals surface area contributed by atoms with Crippen LogP contribution in [0.2, 0.25) is 0 Å². The van der Waals surface area contributed by atoms with Crippen molar-refractivity contribution in [3.63, 3.8) is 0 Å². The lowest BCUT2D eigenvalue weighted by molar-refractivity contribution is 1.13. The van der Waals surface area contributed by atoms with Crippen LogP contribution >= 0.6 is 28.3 Å². The number of nitrogens with one attached hydrogen (secondary N) is 1. The third-order valence-corrected chi connectivity index (χ3v) is 3.87. The van der Waals surface area contributed by atoms with Crippen LogP contribution in [-0.4, -0.2) is 24.1 Å². The molecule has 0 unspecified atom stereocenters. The molecule has 114 valence electrons. The van der Waals surface area contributed by atoms with E-state index in [0.717, 1.165) is 22.1 Å². The fourth-order valence-corrected chi connectivity index (χ4v) is 2.69. The van der Waals surface area contributed by atoms with Crippen molar-refractivity contribution in [1.29, 1.82) is 0 Å². The van der Waals surface area contributed by atoms with Gasteiger partial charge in [0.2, 0.25) is 0 Å². The van der Waals surface area contributed by atoms with Crippen molar-refractivity contribution in [2.24, 2.45) is 0 Å². The van der Waals surface area contributed by atoms with Crippen molar-refractivity contribution in [3.05, 3.63) is 54.2 Å². The summed E-state index contributed by atoms with van der Waals surface area (Å²) in [4.78, 5) is 10.7. The molecule has 3 rings (SSSR count). The number of pyridine rings is 1. The molecule has 1 aromatic carbocycles. The van der Waals surface area contributed by atoms with Crippen LogP contribution < -0.4 is 10.2 Å². The Morgan fingerprint density at radius 3 is 2.32 bits per heavy atom. The van der Waals surface area contributed by atoms with Crippen molar-refractivity contribution >= 4 is 44.8 Å². The molecule has 4 nitrogen and oxygen atoms in total. The number of anilines is 3. The second-order valence-corrected chi connectivity index (χ2v) is 5.70. The molecular weight excluding hydrogens is 360 g/mol. The maximum absolute atomic E-state index is 4.60. The van der Waals surface area contributed by atoms with Crippen molar-refractivity contribution < 1.29 is 0 Å². The van der Waals surface area contributed by atoms with Gasteiger partial charge in [0, 0.05) is 48.8 Å². The lowest BCUT2D eigenvalue weighted by atomic mass is 10.2. The molecule has 2 heterocycles. The van der Waals surface area contributed by atoms with E-state index >= 15 is 0 Å². The summed E-state index contributed by atoms with van der Waals surface area (Å²) in [7, 11) is 4.06. The van der Waals surface area contributed by atoms with Crippen LogP contribution in [0.1, 0.15) is 0 Å². The zero-order valence-corrected chi connectivity index (χ0v) is 14.9. The van der Waals surface area contributed by atoms with Gasteiger partial charge in [0.05, 0.1) is 5.69 Å². The van der Waals surface area contributed by atoms with Crippen LogP contribution in [-0.2, 0) is 0 Å². The summed E-state index contributed by atoms with van der Waals surface area (Å²) in [5, 5.41) is 6.27. The van der Waals surface area contributed by atoms with Gasteiger partial charge in [-0.3, -0.25) is 4.98 Å². The summed E-state index contributed by atoms with van der Waals surface area (Å²) in [5.74, 6) is 0. The van der Waals surface area contributed by atoms with Crippen LogP contribution in [0.4, 0.5) is 16.5 Å². The van der Waals surface area contributed by atoms with E-state index in [4.69, 9.17) is 0 Å². The average Bonchev–Trinajstić information content (AvgIpc) is 2.97. The summed E-state index contributed by atoms with van der Waals surface area (Å²) in [6, 6.07) is 12.2. The molecule has 0 amide bonds. The van der Waals surface area contributed by atoms with Gasteiger partial charge >= 0.3 is 0 Å². The Morgan fingerprint density at radius 1 is 1.00 bits per heavy atom. The average molecular weight is 377 g/mol. The van der Waals surface area contributed by atoms with Gasteiger partial charge in [-0.15, -0.1) is 28.3 Å². The Balaban J connectivity index is 0.00000176. The number of rotatable bonds is 4. The zero-order chi connectivity index (χ0) is 14.7. The summed E-state index contributed by atoms with van der Waals surface area (Å²) in [6.07, 6.45) is 3.56. The Kier molecular flexibility index (Phi) is 5.51. The molecule has 0 fully saturated rings. The van der Waals surface area contributed by atoms with Gasteiger partial charge in [-0.25, -0.2) is 4.98 Å². The molecule has 6 heteroatoms. The molecule has 0 aliphatic carbocycles. The number of aromatic nitrogens is 2. The third kappa shape index (κ3) is 3.84. The quantitative estimate of drug-likeness (QED) is 0.722. The van der Waals surface area contributed by atoms with Gasteiger partial charge in [0.15, 0.2) is 5.13 Å². The van der Waals surface area contributed by atoms with Crippen molar-refractivity contribution in [1.82, 2.24) is 9.97 Å². The summed E-state index contributed by atoms with van der Waals surface area (Å²) in [6.45, 7) is 0. The number of halogens is 1. The predicted molar refractivity (Wildman–Crippen MR) is 99.7 cm³/mol. The van der Waals surface area contributed by atoms with Crippen LogP contribution in [0.15, 0.2) is 54.2 Å². The van der Waals surface area contributed by atoms with Gasteiger partial charge in [-0.2, -0.15) is 0 Å². The van der Waals surface area contributed by atoms with Crippen molar-refractivity contribution in [2.75, 3.05) is 24.3 Å². The molecule has 0 spiro atoms. The minimum Gasteiger partial charge on any atom is -0.378 e. The SMILES string of the molecule is Br.CN(C)c1ccc(Nc2nc(-c3ccncc3)cs2)cc1. The highest BCUT2D eigenvalue weighted by Crippen LogP contribution is 2.27. The number of thiazole rings is 1. The van der Waals surface area contributed by atoms with E-state index in [9.17, 15) is 0 Å². The summed E-state index contributed by atoms with van der Waals surface area (Å²) >= 11 is 1.60. The second-order valence-electron chi connectivity index (χ2n) is 4.84. The van der Waals surface area contributed by atoms with Gasteiger partial charge in [0.25, 0.3) is 0 Å². The number of hydrogen-bond donors (Lipinski definition) is 1. The van der Waals surface area contributed by atoms with E-state index < -0.39 is 0 Å². The molecule has 22 heavy (non-hydrogen) atoms. The molecule has 1 N–H and O–H groups in total. The van der Waals surface area contributed by atoms with Gasteiger partial charge < -0.3 is 10.2 Å². The Labute approximate surface area is 144 Å². The lowest BCUT2D eigenvalue weighted by Crippen LogP contribution is -2.08. The normalized spacial score (nSPS) is 9.91. The molecule has 0 saturated carbocycles. The van der Waals surface area contributed by atoms with Crippen LogP contribution in [0.25, 0.3) is 11.3 Å². The highest BCUT2D eigenvalue weighted by Gasteiger charge is 2.04. The fourth-order valence-electron chi connectivity index (χ4n) is 1.95. The first-order chi connectivity index (χ1) is 10.2. The fraction of sp³-hybridized carbons (Fsp3) is 0.125. The van der Waals surface area contributed by atoms with Crippen LogP contribution in [0.3, 0.4) is 0 Å². The molecule has 0 atom stereocenters. The van der Waals surface area contributed by atoms with Crippen molar-refractivity contribution in [2.45, 2.75) is 0 Å². The van der Waals surface area contributed by atoms with Crippen LogP contribution in [0, 0.1) is 0 Å². The third-order valence-electron chi connectivity index (χ3n) is 3.12. The monoisotopic (exact) mass is 376 g/mol. The smallest absolute Gasteiger partial charge is 0.187 e.